The van der Waals surface area contributed by atoms with Crippen LogP contribution in [0.2, 0.25) is 0 Å². The second-order valence-corrected chi connectivity index (χ2v) is 8.21. The molecule has 6 nitrogen and oxygen atoms in total. The number of nitrogens with zero attached hydrogens (tertiary/aromatic N) is 3. The molecule has 0 fully saturated rings. The van der Waals surface area contributed by atoms with Crippen LogP contribution in [0.15, 0.2) is 78.9 Å². The second-order valence-electron chi connectivity index (χ2n) is 7.21. The maximum absolute atomic E-state index is 13.2. The summed E-state index contributed by atoms with van der Waals surface area (Å²) in [6, 6.07) is 22.0. The van der Waals surface area contributed by atoms with Crippen molar-refractivity contribution in [3.05, 3.63) is 106 Å². The summed E-state index contributed by atoms with van der Waals surface area (Å²) in [5.41, 5.74) is 3.81. The Morgan fingerprint density at radius 2 is 1.81 bits per heavy atom. The highest BCUT2D eigenvalue weighted by Crippen LogP contribution is 2.32. The molecule has 0 atom stereocenters. The monoisotopic (exact) mass is 443 g/mol. The third kappa shape index (κ3) is 4.73. The lowest BCUT2D eigenvalue weighted by molar-refractivity contribution is -0.384. The maximum Gasteiger partial charge on any atom is 0.269 e. The molecule has 0 N–H and O–H groups in total. The predicted octanol–water partition coefficient (Wildman–Crippen LogP) is 6.01. The number of carbonyl (C=O) groups excluding carboxylic acids is 1. The number of thiazole rings is 1. The topological polar surface area (TPSA) is 76.3 Å². The smallest absolute Gasteiger partial charge is 0.269 e. The van der Waals surface area contributed by atoms with Gasteiger partial charge in [-0.15, -0.1) is 0 Å². The summed E-state index contributed by atoms with van der Waals surface area (Å²) in [5, 5.41) is 11.5. The van der Waals surface area contributed by atoms with E-state index in [0.29, 0.717) is 17.2 Å². The zero-order valence-corrected chi connectivity index (χ0v) is 18.3. The summed E-state index contributed by atoms with van der Waals surface area (Å²) in [6.45, 7) is 2.49. The molecule has 1 aromatic heterocycles. The SMILES string of the molecule is CCc1cccc2sc(N(Cc3ccccc3)C(=O)/C=C/c3ccc([N+](=O)[O-])cc3)nc12. The van der Waals surface area contributed by atoms with Crippen LogP contribution in [0.5, 0.6) is 0 Å². The van der Waals surface area contributed by atoms with Crippen LogP contribution in [0.25, 0.3) is 16.3 Å². The van der Waals surface area contributed by atoms with E-state index in [1.165, 1.54) is 29.5 Å². The molecule has 3 aromatic carbocycles. The van der Waals surface area contributed by atoms with Crippen LogP contribution in [-0.2, 0) is 17.8 Å². The third-order valence-electron chi connectivity index (χ3n) is 5.07. The van der Waals surface area contributed by atoms with E-state index in [2.05, 4.69) is 13.0 Å². The van der Waals surface area contributed by atoms with Gasteiger partial charge in [-0.25, -0.2) is 4.98 Å². The second kappa shape index (κ2) is 9.53. The number of benzene rings is 3. The number of hydrogen-bond donors (Lipinski definition) is 0. The van der Waals surface area contributed by atoms with Crippen molar-refractivity contribution in [2.24, 2.45) is 0 Å². The number of non-ortho nitro benzene ring substituents is 1. The van der Waals surface area contributed by atoms with Gasteiger partial charge < -0.3 is 0 Å². The Hall–Kier alpha value is -3.84. The number of para-hydroxylation sites is 1. The highest BCUT2D eigenvalue weighted by molar-refractivity contribution is 7.22. The molecule has 160 valence electrons. The fourth-order valence-electron chi connectivity index (χ4n) is 3.37. The number of amides is 1. The molecule has 0 aliphatic carbocycles. The number of carbonyl (C=O) groups is 1. The van der Waals surface area contributed by atoms with Gasteiger partial charge in [-0.3, -0.25) is 19.8 Å². The Bertz CT molecular complexity index is 1280. The molecule has 32 heavy (non-hydrogen) atoms. The first-order valence-corrected chi connectivity index (χ1v) is 11.0. The summed E-state index contributed by atoms with van der Waals surface area (Å²) >= 11 is 1.49. The van der Waals surface area contributed by atoms with Gasteiger partial charge in [-0.2, -0.15) is 0 Å². The van der Waals surface area contributed by atoms with Gasteiger partial charge in [0.1, 0.15) is 0 Å². The van der Waals surface area contributed by atoms with Crippen molar-refractivity contribution in [1.29, 1.82) is 0 Å². The van der Waals surface area contributed by atoms with Gasteiger partial charge in [0.15, 0.2) is 5.13 Å². The van der Waals surface area contributed by atoms with Gasteiger partial charge in [-0.1, -0.05) is 60.7 Å². The van der Waals surface area contributed by atoms with Crippen LogP contribution in [0.1, 0.15) is 23.6 Å². The van der Waals surface area contributed by atoms with Gasteiger partial charge in [0.05, 0.1) is 21.7 Å². The first-order valence-electron chi connectivity index (χ1n) is 10.2. The van der Waals surface area contributed by atoms with Crippen molar-refractivity contribution in [3.63, 3.8) is 0 Å². The van der Waals surface area contributed by atoms with E-state index in [-0.39, 0.29) is 11.6 Å². The Morgan fingerprint density at radius 1 is 1.06 bits per heavy atom. The maximum atomic E-state index is 13.2. The van der Waals surface area contributed by atoms with E-state index in [1.807, 2.05) is 42.5 Å². The normalized spacial score (nSPS) is 11.2. The van der Waals surface area contributed by atoms with Crippen molar-refractivity contribution < 1.29 is 9.72 Å². The van der Waals surface area contributed by atoms with Crippen molar-refractivity contribution in [2.75, 3.05) is 4.90 Å². The molecule has 4 aromatic rings. The number of nitro groups is 1. The summed E-state index contributed by atoms with van der Waals surface area (Å²) in [4.78, 5) is 30.1. The number of anilines is 1. The van der Waals surface area contributed by atoms with E-state index >= 15 is 0 Å². The van der Waals surface area contributed by atoms with E-state index < -0.39 is 4.92 Å². The Labute approximate surface area is 189 Å². The van der Waals surface area contributed by atoms with E-state index in [0.717, 1.165) is 27.8 Å². The number of fused-ring (bicyclic) bond motifs is 1. The molecule has 1 heterocycles. The first kappa shape index (κ1) is 21.4. The zero-order valence-electron chi connectivity index (χ0n) is 17.5. The molecular weight excluding hydrogens is 422 g/mol. The molecule has 0 saturated carbocycles. The van der Waals surface area contributed by atoms with Crippen LogP contribution in [0.3, 0.4) is 0 Å². The lowest BCUT2D eigenvalue weighted by atomic mass is 10.1. The molecule has 0 unspecified atom stereocenters. The number of aryl methyl sites for hydroxylation is 1. The lowest BCUT2D eigenvalue weighted by Gasteiger charge is -2.18. The number of rotatable bonds is 7. The molecule has 0 saturated heterocycles. The largest absolute Gasteiger partial charge is 0.280 e. The van der Waals surface area contributed by atoms with E-state index in [1.54, 1.807) is 23.1 Å². The van der Waals surface area contributed by atoms with Gasteiger partial charge >= 0.3 is 0 Å². The van der Waals surface area contributed by atoms with Crippen LogP contribution in [0.4, 0.5) is 10.8 Å². The van der Waals surface area contributed by atoms with Crippen molar-refractivity contribution in [1.82, 2.24) is 4.98 Å². The van der Waals surface area contributed by atoms with Crippen LogP contribution in [-0.4, -0.2) is 15.8 Å². The molecule has 0 radical (unpaired) electrons. The first-order chi connectivity index (χ1) is 15.5. The summed E-state index contributed by atoms with van der Waals surface area (Å²) in [5.74, 6) is -0.204. The van der Waals surface area contributed by atoms with Gasteiger partial charge in [0.25, 0.3) is 11.6 Å². The van der Waals surface area contributed by atoms with E-state index in [4.69, 9.17) is 4.98 Å². The standard InChI is InChI=1S/C25H21N3O3S/c1-2-20-9-6-10-22-24(20)26-25(32-22)27(17-19-7-4-3-5-8-19)23(29)16-13-18-11-14-21(15-12-18)28(30)31/h3-16H,2,17H2,1H3/b16-13+. The average Bonchev–Trinajstić information content (AvgIpc) is 3.26. The highest BCUT2D eigenvalue weighted by atomic mass is 32.1. The van der Waals surface area contributed by atoms with Crippen LogP contribution < -0.4 is 4.90 Å². The molecule has 0 spiro atoms. The van der Waals surface area contributed by atoms with Gasteiger partial charge in [-0.05, 0) is 47.4 Å². The van der Waals surface area contributed by atoms with Crippen LogP contribution in [0, 0.1) is 10.1 Å². The summed E-state index contributed by atoms with van der Waals surface area (Å²) in [7, 11) is 0. The predicted molar refractivity (Wildman–Crippen MR) is 129 cm³/mol. The molecule has 4 rings (SSSR count). The van der Waals surface area contributed by atoms with Gasteiger partial charge in [0.2, 0.25) is 0 Å². The minimum absolute atomic E-state index is 0.0142. The minimum Gasteiger partial charge on any atom is -0.280 e. The van der Waals surface area contributed by atoms with E-state index in [9.17, 15) is 14.9 Å². The fourth-order valence-corrected chi connectivity index (χ4v) is 4.38. The molecule has 0 aliphatic rings. The number of aromatic nitrogens is 1. The molecule has 0 bridgehead atoms. The highest BCUT2D eigenvalue weighted by Gasteiger charge is 2.19. The molecule has 0 aliphatic heterocycles. The number of hydrogen-bond acceptors (Lipinski definition) is 5. The Kier molecular flexibility index (Phi) is 6.37. The number of nitro benzene ring substituents is 1. The Morgan fingerprint density at radius 3 is 2.50 bits per heavy atom. The third-order valence-corrected chi connectivity index (χ3v) is 6.12. The lowest BCUT2D eigenvalue weighted by Crippen LogP contribution is -2.28. The molecular formula is C25H21N3O3S. The van der Waals surface area contributed by atoms with Crippen LogP contribution >= 0.6 is 11.3 Å². The summed E-state index contributed by atoms with van der Waals surface area (Å²) in [6.07, 6.45) is 4.01. The molecule has 7 heteroatoms. The fraction of sp³-hybridized carbons (Fsp3) is 0.120. The Balaban J connectivity index is 1.66. The zero-order chi connectivity index (χ0) is 22.5. The van der Waals surface area contributed by atoms with Crippen molar-refractivity contribution in [2.45, 2.75) is 19.9 Å². The van der Waals surface area contributed by atoms with Crippen molar-refractivity contribution >= 4 is 44.4 Å². The summed E-state index contributed by atoms with van der Waals surface area (Å²) < 4.78 is 1.05. The van der Waals surface area contributed by atoms with Crippen molar-refractivity contribution in [3.8, 4) is 0 Å². The quantitative estimate of drug-likeness (QED) is 0.199. The minimum atomic E-state index is -0.446. The average molecular weight is 444 g/mol. The molecule has 1 amide bonds. The van der Waals surface area contributed by atoms with Gasteiger partial charge in [0, 0.05) is 18.2 Å².